The number of hydrogen-bond acceptors (Lipinski definition) is 4. The van der Waals surface area contributed by atoms with Crippen molar-refractivity contribution in [3.8, 4) is 0 Å². The minimum absolute atomic E-state index is 0.373. The molecule has 0 amide bonds. The maximum Gasteiger partial charge on any atom is 0.162 e. The molecule has 0 unspecified atom stereocenters. The van der Waals surface area contributed by atoms with Crippen LogP contribution in [-0.2, 0) is 21.7 Å². The molecule has 1 aliphatic rings. The molecule has 0 N–H and O–H groups in total. The maximum atomic E-state index is 6.19. The Morgan fingerprint density at radius 3 is 2.58 bits per heavy atom. The van der Waals surface area contributed by atoms with Gasteiger partial charge in [0.2, 0.25) is 0 Å². The van der Waals surface area contributed by atoms with Crippen molar-refractivity contribution in [2.24, 2.45) is 0 Å². The van der Waals surface area contributed by atoms with Gasteiger partial charge in [0.25, 0.3) is 0 Å². The lowest BCUT2D eigenvalue weighted by molar-refractivity contribution is -0.0460. The van der Waals surface area contributed by atoms with Crippen molar-refractivity contribution in [1.82, 2.24) is 9.97 Å². The van der Waals surface area contributed by atoms with Crippen LogP contribution in [0.4, 0.5) is 0 Å². The summed E-state index contributed by atoms with van der Waals surface area (Å²) in [6, 6.07) is 0. The summed E-state index contributed by atoms with van der Waals surface area (Å²) < 4.78 is 11.8. The predicted molar refractivity (Wildman–Crippen MR) is 77.2 cm³/mol. The first-order valence-corrected chi connectivity index (χ1v) is 7.65. The molecule has 0 spiro atoms. The Balaban J connectivity index is 2.42. The number of methoxy groups -OCH3 is 1. The zero-order valence-electron chi connectivity index (χ0n) is 11.2. The predicted octanol–water partition coefficient (Wildman–Crippen LogP) is 3.84. The summed E-state index contributed by atoms with van der Waals surface area (Å²) in [6.07, 6.45) is 4.17. The molecule has 6 heteroatoms. The molecule has 0 aliphatic heterocycles. The number of hydrogen-bond donors (Lipinski definition) is 0. The van der Waals surface area contributed by atoms with E-state index in [0.29, 0.717) is 28.7 Å². The Morgan fingerprint density at radius 1 is 1.32 bits per heavy atom. The topological polar surface area (TPSA) is 44.2 Å². The zero-order valence-corrected chi connectivity index (χ0v) is 13.6. The van der Waals surface area contributed by atoms with Gasteiger partial charge < -0.3 is 9.47 Å². The fourth-order valence-corrected chi connectivity index (χ4v) is 3.03. The van der Waals surface area contributed by atoms with E-state index in [0.717, 1.165) is 31.4 Å². The van der Waals surface area contributed by atoms with Crippen molar-refractivity contribution < 1.29 is 9.47 Å². The van der Waals surface area contributed by atoms with Gasteiger partial charge in [-0.2, -0.15) is 0 Å². The molecular formula is C13H18BrClN2O2. The van der Waals surface area contributed by atoms with Crippen LogP contribution < -0.4 is 0 Å². The first-order chi connectivity index (χ1) is 9.13. The summed E-state index contributed by atoms with van der Waals surface area (Å²) >= 11 is 9.59. The Hall–Kier alpha value is -0.230. The van der Waals surface area contributed by atoms with Gasteiger partial charge in [0.15, 0.2) is 5.82 Å². The normalized spacial score (nSPS) is 17.9. The monoisotopic (exact) mass is 348 g/mol. The highest BCUT2D eigenvalue weighted by Gasteiger charge is 2.40. The summed E-state index contributed by atoms with van der Waals surface area (Å²) in [7, 11) is 1.63. The number of halogens is 2. The molecular weight excluding hydrogens is 332 g/mol. The molecule has 1 heterocycles. The van der Waals surface area contributed by atoms with E-state index in [1.807, 2.05) is 6.92 Å². The van der Waals surface area contributed by atoms with Crippen LogP contribution in [-0.4, -0.2) is 23.7 Å². The highest BCUT2D eigenvalue weighted by Crippen LogP contribution is 2.41. The van der Waals surface area contributed by atoms with Crippen LogP contribution in [0.25, 0.3) is 0 Å². The van der Waals surface area contributed by atoms with E-state index in [1.54, 1.807) is 7.11 Å². The molecule has 1 fully saturated rings. The third kappa shape index (κ3) is 3.10. The fraction of sp³-hybridized carbons (Fsp3) is 0.692. The molecule has 0 bridgehead atoms. The van der Waals surface area contributed by atoms with Crippen molar-refractivity contribution >= 4 is 27.5 Å². The quantitative estimate of drug-likeness (QED) is 0.758. The summed E-state index contributed by atoms with van der Waals surface area (Å²) in [4.78, 5) is 9.02. The van der Waals surface area contributed by atoms with Crippen molar-refractivity contribution in [3.63, 3.8) is 0 Å². The minimum atomic E-state index is -0.373. The van der Waals surface area contributed by atoms with Crippen LogP contribution in [0.1, 0.15) is 44.1 Å². The first kappa shape index (κ1) is 15.2. The largest absolute Gasteiger partial charge is 0.378 e. The number of rotatable bonds is 5. The van der Waals surface area contributed by atoms with Crippen LogP contribution in [0.5, 0.6) is 0 Å². The average molecular weight is 350 g/mol. The van der Waals surface area contributed by atoms with Crippen molar-refractivity contribution in [2.75, 3.05) is 13.7 Å². The molecule has 1 saturated carbocycles. The van der Waals surface area contributed by atoms with Crippen LogP contribution in [0, 0.1) is 0 Å². The summed E-state index contributed by atoms with van der Waals surface area (Å²) in [5.41, 5.74) is 0.394. The highest BCUT2D eigenvalue weighted by molar-refractivity contribution is 9.10. The van der Waals surface area contributed by atoms with Crippen molar-refractivity contribution in [2.45, 2.75) is 44.8 Å². The van der Waals surface area contributed by atoms with Crippen LogP contribution in [0.15, 0.2) is 4.47 Å². The summed E-state index contributed by atoms with van der Waals surface area (Å²) in [6.45, 7) is 3.05. The van der Waals surface area contributed by atoms with Gasteiger partial charge in [-0.25, -0.2) is 9.97 Å². The SMILES string of the molecule is CCOC1(c2nc(Cl)c(Br)c(COC)n2)CCCC1. The molecule has 2 rings (SSSR count). The molecule has 0 radical (unpaired) electrons. The summed E-state index contributed by atoms with van der Waals surface area (Å²) in [5, 5.41) is 0.419. The van der Waals surface area contributed by atoms with Gasteiger partial charge in [0.05, 0.1) is 16.8 Å². The summed E-state index contributed by atoms with van der Waals surface area (Å²) in [5.74, 6) is 0.687. The second kappa shape index (κ2) is 6.48. The molecule has 4 nitrogen and oxygen atoms in total. The average Bonchev–Trinajstić information content (AvgIpc) is 2.85. The molecule has 19 heavy (non-hydrogen) atoms. The van der Waals surface area contributed by atoms with Gasteiger partial charge in [0.1, 0.15) is 10.8 Å². The lowest BCUT2D eigenvalue weighted by atomic mass is 10.0. The lowest BCUT2D eigenvalue weighted by Gasteiger charge is -2.27. The maximum absolute atomic E-state index is 6.19. The first-order valence-electron chi connectivity index (χ1n) is 6.48. The van der Waals surface area contributed by atoms with Crippen LogP contribution >= 0.6 is 27.5 Å². The minimum Gasteiger partial charge on any atom is -0.378 e. The number of ether oxygens (including phenoxy) is 2. The third-order valence-corrected chi connectivity index (χ3v) is 4.73. The Labute approximate surface area is 127 Å². The van der Waals surface area contributed by atoms with Gasteiger partial charge >= 0.3 is 0 Å². The molecule has 0 aromatic carbocycles. The van der Waals surface area contributed by atoms with Gasteiger partial charge in [-0.3, -0.25) is 0 Å². The Kier molecular flexibility index (Phi) is 5.17. The van der Waals surface area contributed by atoms with E-state index < -0.39 is 0 Å². The standard InChI is InChI=1S/C13H18BrClN2O2/c1-3-19-13(6-4-5-7-13)12-16-9(8-18-2)10(14)11(15)17-12/h3-8H2,1-2H3. The van der Waals surface area contributed by atoms with E-state index in [9.17, 15) is 0 Å². The second-order valence-corrected chi connectivity index (χ2v) is 5.82. The van der Waals surface area contributed by atoms with E-state index in [4.69, 9.17) is 21.1 Å². The van der Waals surface area contributed by atoms with Gasteiger partial charge in [-0.15, -0.1) is 0 Å². The van der Waals surface area contributed by atoms with E-state index in [-0.39, 0.29) is 5.60 Å². The van der Waals surface area contributed by atoms with E-state index in [1.165, 1.54) is 0 Å². The van der Waals surface area contributed by atoms with Gasteiger partial charge in [0, 0.05) is 13.7 Å². The van der Waals surface area contributed by atoms with Gasteiger partial charge in [-0.05, 0) is 48.5 Å². The molecule has 1 aromatic heterocycles. The molecule has 1 aromatic rings. The Morgan fingerprint density at radius 2 is 2.00 bits per heavy atom. The van der Waals surface area contributed by atoms with Gasteiger partial charge in [-0.1, -0.05) is 11.6 Å². The molecule has 0 saturated heterocycles. The molecule has 0 atom stereocenters. The Bertz CT molecular complexity index is 451. The third-order valence-electron chi connectivity index (χ3n) is 3.40. The highest BCUT2D eigenvalue weighted by atomic mass is 79.9. The van der Waals surface area contributed by atoms with Crippen LogP contribution in [0.2, 0.25) is 5.15 Å². The number of nitrogens with zero attached hydrogens (tertiary/aromatic N) is 2. The van der Waals surface area contributed by atoms with Crippen molar-refractivity contribution in [1.29, 1.82) is 0 Å². The van der Waals surface area contributed by atoms with Crippen LogP contribution in [0.3, 0.4) is 0 Å². The molecule has 106 valence electrons. The second-order valence-electron chi connectivity index (χ2n) is 4.67. The fourth-order valence-electron chi connectivity index (χ4n) is 2.55. The van der Waals surface area contributed by atoms with Crippen molar-refractivity contribution in [3.05, 3.63) is 21.1 Å². The zero-order chi connectivity index (χ0) is 13.9. The molecule has 1 aliphatic carbocycles. The van der Waals surface area contributed by atoms with E-state index in [2.05, 4.69) is 25.9 Å². The smallest absolute Gasteiger partial charge is 0.162 e. The number of aromatic nitrogens is 2. The lowest BCUT2D eigenvalue weighted by Crippen LogP contribution is -2.29. The van der Waals surface area contributed by atoms with E-state index >= 15 is 0 Å².